The Bertz CT molecular complexity index is 933. The first-order valence-corrected chi connectivity index (χ1v) is 24.6. The Morgan fingerprint density at radius 2 is 1.47 bits per heavy atom. The van der Waals surface area contributed by atoms with Crippen molar-refractivity contribution >= 4 is 22.6 Å². The normalized spacial score (nSPS) is 22.8. The zero-order chi connectivity index (χ0) is 35.9. The molecule has 0 radical (unpaired) electrons. The van der Waals surface area contributed by atoms with E-state index < -0.39 is 16.6 Å². The van der Waals surface area contributed by atoms with Gasteiger partial charge < -0.3 is 23.1 Å². The fourth-order valence-corrected chi connectivity index (χ4v) is 8.54. The lowest BCUT2D eigenvalue weighted by atomic mass is 9.89. The molecule has 6 atom stereocenters. The summed E-state index contributed by atoms with van der Waals surface area (Å²) < 4.78 is 31.6. The molecule has 0 saturated heterocycles. The molecule has 0 aromatic rings. The highest BCUT2D eigenvalue weighted by Gasteiger charge is 2.50. The van der Waals surface area contributed by atoms with Crippen LogP contribution in [0.2, 0.25) is 36.3 Å². The quantitative estimate of drug-likeness (QED) is 0.0369. The minimum atomic E-state index is -2.04. The molecular formula is C39H76O6Si2. The smallest absolute Gasteiger partial charge is 0.305 e. The van der Waals surface area contributed by atoms with Crippen LogP contribution in [0.3, 0.4) is 0 Å². The summed E-state index contributed by atoms with van der Waals surface area (Å²) in [5, 5.41) is 0.260. The first-order chi connectivity index (χ1) is 21.8. The van der Waals surface area contributed by atoms with Crippen LogP contribution in [-0.2, 0) is 27.9 Å². The van der Waals surface area contributed by atoms with Crippen LogP contribution in [0.1, 0.15) is 133 Å². The molecule has 1 aliphatic rings. The number of methoxy groups -OCH3 is 1. The summed E-state index contributed by atoms with van der Waals surface area (Å²) in [6.07, 6.45) is 20.3. The Balaban J connectivity index is 3.46. The number of carbonyl (C=O) groups is 1. The van der Waals surface area contributed by atoms with Gasteiger partial charge in [-0.25, -0.2) is 0 Å². The molecule has 0 amide bonds. The molecule has 0 N–H and O–H groups in total. The van der Waals surface area contributed by atoms with E-state index in [1.54, 1.807) is 0 Å². The lowest BCUT2D eigenvalue weighted by molar-refractivity contribution is -0.147. The van der Waals surface area contributed by atoms with Gasteiger partial charge in [-0.3, -0.25) is 4.79 Å². The Kier molecular flexibility index (Phi) is 19.6. The van der Waals surface area contributed by atoms with Gasteiger partial charge in [-0.1, -0.05) is 98.5 Å². The second-order valence-electron chi connectivity index (χ2n) is 16.8. The largest absolute Gasteiger partial charge is 0.469 e. The molecule has 2 unspecified atom stereocenters. The van der Waals surface area contributed by atoms with Crippen molar-refractivity contribution in [3.63, 3.8) is 0 Å². The van der Waals surface area contributed by atoms with E-state index in [0.29, 0.717) is 18.9 Å². The molecule has 1 fully saturated rings. The van der Waals surface area contributed by atoms with E-state index in [1.807, 2.05) is 13.8 Å². The van der Waals surface area contributed by atoms with Gasteiger partial charge in [0, 0.05) is 18.9 Å². The van der Waals surface area contributed by atoms with E-state index >= 15 is 0 Å². The molecule has 0 spiro atoms. The van der Waals surface area contributed by atoms with Crippen molar-refractivity contribution in [2.45, 2.75) is 194 Å². The summed E-state index contributed by atoms with van der Waals surface area (Å²) in [5.74, 6) is 0.422. The van der Waals surface area contributed by atoms with Gasteiger partial charge in [-0.2, -0.15) is 0 Å². The minimum Gasteiger partial charge on any atom is -0.469 e. The fraction of sp³-hybridized carbons (Fsp3) is 0.872. The summed E-state index contributed by atoms with van der Waals surface area (Å²) in [4.78, 5) is 11.6. The van der Waals surface area contributed by atoms with E-state index in [9.17, 15) is 4.79 Å². The Morgan fingerprint density at radius 3 is 2.02 bits per heavy atom. The van der Waals surface area contributed by atoms with Crippen LogP contribution >= 0.6 is 0 Å². The second kappa shape index (κ2) is 20.8. The zero-order valence-electron chi connectivity index (χ0n) is 33.2. The van der Waals surface area contributed by atoms with Crippen LogP contribution in [0.4, 0.5) is 0 Å². The monoisotopic (exact) mass is 697 g/mol. The molecule has 0 bridgehead atoms. The number of carbonyl (C=O) groups excluding carboxylic acids is 1. The van der Waals surface area contributed by atoms with E-state index in [4.69, 9.17) is 23.1 Å². The molecule has 0 aliphatic heterocycles. The molecular weight excluding hydrogens is 621 g/mol. The highest BCUT2D eigenvalue weighted by molar-refractivity contribution is 6.74. The van der Waals surface area contributed by atoms with Gasteiger partial charge in [0.1, 0.15) is 0 Å². The third-order valence-electron chi connectivity index (χ3n) is 10.8. The number of allylic oxidation sites excluding steroid dienone is 2. The van der Waals surface area contributed by atoms with Gasteiger partial charge >= 0.3 is 5.97 Å². The van der Waals surface area contributed by atoms with Crippen molar-refractivity contribution in [3.05, 3.63) is 24.3 Å². The number of esters is 1. The van der Waals surface area contributed by atoms with Gasteiger partial charge in [-0.05, 0) is 94.6 Å². The van der Waals surface area contributed by atoms with Crippen LogP contribution in [0.25, 0.3) is 0 Å². The Hall–Kier alpha value is -0.776. The number of hydrogen-bond acceptors (Lipinski definition) is 6. The molecule has 276 valence electrons. The summed E-state index contributed by atoms with van der Waals surface area (Å²) >= 11 is 0. The lowest BCUT2D eigenvalue weighted by Gasteiger charge is -2.40. The molecule has 1 rings (SSSR count). The maximum Gasteiger partial charge on any atom is 0.305 e. The lowest BCUT2D eigenvalue weighted by Crippen LogP contribution is -2.45. The van der Waals surface area contributed by atoms with Crippen LogP contribution < -0.4 is 0 Å². The molecule has 0 aromatic carbocycles. The van der Waals surface area contributed by atoms with Crippen LogP contribution in [0, 0.1) is 11.8 Å². The molecule has 1 saturated carbocycles. The second-order valence-corrected chi connectivity index (χ2v) is 26.3. The maximum absolute atomic E-state index is 11.6. The summed E-state index contributed by atoms with van der Waals surface area (Å²) in [7, 11) is -2.60. The van der Waals surface area contributed by atoms with Crippen molar-refractivity contribution < 1.29 is 27.9 Å². The van der Waals surface area contributed by atoms with Crippen molar-refractivity contribution in [2.75, 3.05) is 13.7 Å². The third kappa shape index (κ3) is 15.8. The highest BCUT2D eigenvalue weighted by Crippen LogP contribution is 2.48. The Labute approximate surface area is 293 Å². The fourth-order valence-electron chi connectivity index (χ4n) is 5.79. The predicted octanol–water partition coefficient (Wildman–Crippen LogP) is 11.4. The first kappa shape index (κ1) is 44.2. The average Bonchev–Trinajstić information content (AvgIpc) is 3.25. The first-order valence-electron chi connectivity index (χ1n) is 18.8. The van der Waals surface area contributed by atoms with Crippen molar-refractivity contribution in [2.24, 2.45) is 11.8 Å². The summed E-state index contributed by atoms with van der Waals surface area (Å²) in [6.45, 7) is 30.4. The van der Waals surface area contributed by atoms with Gasteiger partial charge in [0.05, 0.1) is 25.4 Å². The van der Waals surface area contributed by atoms with Crippen LogP contribution in [0.5, 0.6) is 0 Å². The minimum absolute atomic E-state index is 0.0752. The van der Waals surface area contributed by atoms with Crippen molar-refractivity contribution in [1.29, 1.82) is 0 Å². The predicted molar refractivity (Wildman–Crippen MR) is 204 cm³/mol. The van der Waals surface area contributed by atoms with Crippen molar-refractivity contribution in [3.8, 4) is 0 Å². The highest BCUT2D eigenvalue weighted by atomic mass is 28.4. The van der Waals surface area contributed by atoms with E-state index in [1.165, 1.54) is 26.4 Å². The average molecular weight is 697 g/mol. The molecule has 0 heterocycles. The van der Waals surface area contributed by atoms with E-state index in [0.717, 1.165) is 44.9 Å². The number of unbranched alkanes of at least 4 members (excludes halogenated alkanes) is 5. The number of ether oxygens (including phenoxy) is 3. The molecule has 0 aromatic heterocycles. The van der Waals surface area contributed by atoms with Gasteiger partial charge in [0.15, 0.2) is 22.9 Å². The zero-order valence-corrected chi connectivity index (χ0v) is 35.2. The third-order valence-corrected chi connectivity index (χ3v) is 19.8. The number of rotatable bonds is 22. The van der Waals surface area contributed by atoms with Crippen molar-refractivity contribution in [1.82, 2.24) is 0 Å². The summed E-state index contributed by atoms with van der Waals surface area (Å²) in [6, 6.07) is 0. The maximum atomic E-state index is 11.6. The summed E-state index contributed by atoms with van der Waals surface area (Å²) in [5.41, 5.74) is 0. The number of hydrogen-bond donors (Lipinski definition) is 0. The SMILES string of the molecule is CCCCC/C=C\C[C@H]1[C@@H](/C=C/C(CCCCCC(=O)OC)OC(C)OCC)[C@H](O[Si](C)(C)C(C)(C)C)C[C@@H]1O[Si](C)(C)C(C)(C)C. The van der Waals surface area contributed by atoms with E-state index in [2.05, 4.69) is 99.0 Å². The van der Waals surface area contributed by atoms with Gasteiger partial charge in [-0.15, -0.1) is 0 Å². The van der Waals surface area contributed by atoms with Crippen LogP contribution in [0.15, 0.2) is 24.3 Å². The molecule has 8 heteroatoms. The molecule has 1 aliphatic carbocycles. The molecule has 6 nitrogen and oxygen atoms in total. The topological polar surface area (TPSA) is 63.2 Å². The molecule has 47 heavy (non-hydrogen) atoms. The standard InChI is InChI=1S/C39H76O6Si2/c1-15-17-18-19-20-23-26-33-34(29-28-32(43-31(3)42-16-2)25-22-21-24-27-37(40)41-10)36(45-47(13,14)39(7,8)9)30-35(33)44-46(11,12)38(4,5)6/h20,23,28-29,31-36H,15-19,21-22,24-27,30H2,1-14H3/b23-20-,29-28+/t31?,32?,33-,34+,35-,36+/m0/s1. The van der Waals surface area contributed by atoms with Gasteiger partial charge in [0.2, 0.25) is 0 Å². The van der Waals surface area contributed by atoms with Gasteiger partial charge in [0.25, 0.3) is 0 Å². The van der Waals surface area contributed by atoms with Crippen LogP contribution in [-0.4, -0.2) is 60.9 Å². The Morgan fingerprint density at radius 1 is 0.851 bits per heavy atom. The van der Waals surface area contributed by atoms with E-state index in [-0.39, 0.29) is 46.6 Å².